The Balaban J connectivity index is 1.94. The van der Waals surface area contributed by atoms with Crippen LogP contribution in [0.25, 0.3) is 11.2 Å². The van der Waals surface area contributed by atoms with E-state index in [0.29, 0.717) is 41.8 Å². The molecule has 28 heavy (non-hydrogen) atoms. The van der Waals surface area contributed by atoms with Gasteiger partial charge in [-0.1, -0.05) is 12.1 Å². The van der Waals surface area contributed by atoms with Gasteiger partial charge in [-0.2, -0.15) is 9.97 Å². The molecule has 3 rings (SSSR count). The van der Waals surface area contributed by atoms with Crippen LogP contribution in [0.5, 0.6) is 5.75 Å². The smallest absolute Gasteiger partial charge is 0.226 e. The second-order valence-corrected chi connectivity index (χ2v) is 7.06. The number of aromatic nitrogens is 4. The first-order valence-corrected chi connectivity index (χ1v) is 9.30. The van der Waals surface area contributed by atoms with Crippen LogP contribution < -0.4 is 26.8 Å². The van der Waals surface area contributed by atoms with Crippen LogP contribution in [0.3, 0.4) is 0 Å². The lowest BCUT2D eigenvalue weighted by Crippen LogP contribution is -2.26. The fraction of sp³-hybridized carbons (Fsp3) is 0.421. The summed E-state index contributed by atoms with van der Waals surface area (Å²) in [4.78, 5) is 13.7. The summed E-state index contributed by atoms with van der Waals surface area (Å²) in [5.74, 6) is 1.79. The zero-order valence-electron chi connectivity index (χ0n) is 16.7. The van der Waals surface area contributed by atoms with E-state index in [2.05, 4.69) is 39.4 Å². The lowest BCUT2D eigenvalue weighted by molar-refractivity contribution is 0.416. The second-order valence-electron chi connectivity index (χ2n) is 7.06. The molecule has 1 aromatic carbocycles. The number of anilines is 3. The van der Waals surface area contributed by atoms with Gasteiger partial charge in [-0.05, 0) is 32.4 Å². The molecule has 0 bridgehead atoms. The van der Waals surface area contributed by atoms with Crippen molar-refractivity contribution in [2.24, 2.45) is 5.73 Å². The maximum absolute atomic E-state index is 6.18. The number of hydrogen-bond donors (Lipinski definition) is 4. The van der Waals surface area contributed by atoms with Gasteiger partial charge in [-0.15, -0.1) is 0 Å². The molecule has 150 valence electrons. The van der Waals surface area contributed by atoms with E-state index in [1.807, 2.05) is 29.7 Å². The average Bonchev–Trinajstić information content (AvgIpc) is 3.09. The van der Waals surface area contributed by atoms with Gasteiger partial charge in [0.2, 0.25) is 5.95 Å². The number of imidazole rings is 1. The molecule has 0 amide bonds. The van der Waals surface area contributed by atoms with Crippen molar-refractivity contribution in [3.05, 3.63) is 30.1 Å². The minimum absolute atomic E-state index is 0.0118. The zero-order chi connectivity index (χ0) is 20.3. The molecule has 2 aromatic heterocycles. The molecule has 3 aromatic rings. The van der Waals surface area contributed by atoms with Crippen molar-refractivity contribution < 1.29 is 4.74 Å². The monoisotopic (exact) mass is 384 g/mol. The van der Waals surface area contributed by atoms with Crippen LogP contribution in [0.4, 0.5) is 17.5 Å². The minimum Gasteiger partial charge on any atom is -0.495 e. The first-order chi connectivity index (χ1) is 13.4. The van der Waals surface area contributed by atoms with Gasteiger partial charge in [-0.3, -0.25) is 0 Å². The van der Waals surface area contributed by atoms with Gasteiger partial charge in [0, 0.05) is 25.2 Å². The fourth-order valence-electron chi connectivity index (χ4n) is 2.85. The molecule has 0 saturated carbocycles. The van der Waals surface area contributed by atoms with Crippen LogP contribution in [0.2, 0.25) is 0 Å². The largest absolute Gasteiger partial charge is 0.495 e. The Kier molecular flexibility index (Phi) is 5.84. The van der Waals surface area contributed by atoms with E-state index in [0.717, 1.165) is 11.2 Å². The van der Waals surface area contributed by atoms with E-state index in [4.69, 9.17) is 16.2 Å². The predicted molar refractivity (Wildman–Crippen MR) is 113 cm³/mol. The highest BCUT2D eigenvalue weighted by atomic mass is 16.5. The molecule has 1 atom stereocenters. The Morgan fingerprint density at radius 1 is 1.18 bits per heavy atom. The van der Waals surface area contributed by atoms with Gasteiger partial charge >= 0.3 is 0 Å². The van der Waals surface area contributed by atoms with Crippen LogP contribution in [0, 0.1) is 0 Å². The Morgan fingerprint density at radius 2 is 1.96 bits per heavy atom. The number of nitrogen functional groups attached to an aromatic ring is 1. The summed E-state index contributed by atoms with van der Waals surface area (Å²) in [6.07, 6.45) is 1.78. The number of methoxy groups -OCH3 is 1. The molecule has 9 nitrogen and oxygen atoms in total. The predicted octanol–water partition coefficient (Wildman–Crippen LogP) is 2.37. The van der Waals surface area contributed by atoms with Gasteiger partial charge in [-0.25, -0.2) is 4.98 Å². The number of nitrogens with one attached hydrogen (secondary N) is 2. The maximum atomic E-state index is 6.18. The number of benzene rings is 1. The van der Waals surface area contributed by atoms with Crippen molar-refractivity contribution in [2.75, 3.05) is 30.0 Å². The SMILES string of the molecule is COc1cccc(CNc2nc(NCC(C)N)nc3c2ncn3C(C)C)c1N. The molecule has 2 heterocycles. The molecule has 0 aliphatic rings. The van der Waals surface area contributed by atoms with Crippen LogP contribution in [-0.4, -0.2) is 39.2 Å². The van der Waals surface area contributed by atoms with Crippen molar-refractivity contribution in [2.45, 2.75) is 39.4 Å². The van der Waals surface area contributed by atoms with Gasteiger partial charge in [0.15, 0.2) is 17.0 Å². The van der Waals surface area contributed by atoms with Crippen molar-refractivity contribution >= 4 is 28.6 Å². The number of para-hydroxylation sites is 1. The maximum Gasteiger partial charge on any atom is 0.226 e. The van der Waals surface area contributed by atoms with Gasteiger partial charge in [0.1, 0.15) is 5.75 Å². The number of hydrogen-bond acceptors (Lipinski definition) is 8. The van der Waals surface area contributed by atoms with E-state index in [-0.39, 0.29) is 12.1 Å². The van der Waals surface area contributed by atoms with E-state index in [9.17, 15) is 0 Å². The quantitative estimate of drug-likeness (QED) is 0.436. The third-order valence-electron chi connectivity index (χ3n) is 4.38. The van der Waals surface area contributed by atoms with E-state index >= 15 is 0 Å². The highest BCUT2D eigenvalue weighted by molar-refractivity contribution is 5.84. The normalized spacial score (nSPS) is 12.4. The Bertz CT molecular complexity index is 951. The standard InChI is InChI=1S/C19H28N8O/c1-11(2)27-10-24-16-17(25-19(26-18(16)27)23-8-12(3)20)22-9-13-6-5-7-14(28-4)15(13)21/h5-7,10-12H,8-9,20-21H2,1-4H3,(H2,22,23,25,26). The summed E-state index contributed by atoms with van der Waals surface area (Å²) in [7, 11) is 1.60. The summed E-state index contributed by atoms with van der Waals surface area (Å²) in [5.41, 5.74) is 15.0. The van der Waals surface area contributed by atoms with Crippen molar-refractivity contribution in [3.63, 3.8) is 0 Å². The molecular formula is C19H28N8O. The molecule has 0 fully saturated rings. The molecule has 0 saturated heterocycles. The van der Waals surface area contributed by atoms with Gasteiger partial charge < -0.3 is 31.4 Å². The molecule has 6 N–H and O–H groups in total. The lowest BCUT2D eigenvalue weighted by atomic mass is 10.1. The van der Waals surface area contributed by atoms with Crippen LogP contribution in [0.1, 0.15) is 32.4 Å². The third-order valence-corrected chi connectivity index (χ3v) is 4.38. The minimum atomic E-state index is -0.0118. The Labute approximate surface area is 164 Å². The molecule has 9 heteroatoms. The zero-order valence-corrected chi connectivity index (χ0v) is 16.7. The second kappa shape index (κ2) is 8.30. The van der Waals surface area contributed by atoms with E-state index < -0.39 is 0 Å². The molecule has 0 aliphatic carbocycles. The topological polar surface area (TPSA) is 129 Å². The number of rotatable bonds is 8. The fourth-order valence-corrected chi connectivity index (χ4v) is 2.85. The van der Waals surface area contributed by atoms with Gasteiger partial charge in [0.05, 0.1) is 19.1 Å². The Hall–Kier alpha value is -3.07. The third kappa shape index (κ3) is 4.09. The van der Waals surface area contributed by atoms with Crippen molar-refractivity contribution in [3.8, 4) is 5.75 Å². The summed E-state index contributed by atoms with van der Waals surface area (Å²) < 4.78 is 7.31. The Morgan fingerprint density at radius 3 is 2.64 bits per heavy atom. The number of ether oxygens (including phenoxy) is 1. The number of nitrogens with zero attached hydrogens (tertiary/aromatic N) is 4. The molecule has 0 radical (unpaired) electrons. The summed E-state index contributed by atoms with van der Waals surface area (Å²) in [5, 5.41) is 6.53. The highest BCUT2D eigenvalue weighted by Crippen LogP contribution is 2.27. The molecule has 1 unspecified atom stereocenters. The lowest BCUT2D eigenvalue weighted by Gasteiger charge is -2.14. The molecule has 0 aliphatic heterocycles. The highest BCUT2D eigenvalue weighted by Gasteiger charge is 2.15. The number of nitrogens with two attached hydrogens (primary N) is 2. The first-order valence-electron chi connectivity index (χ1n) is 9.30. The van der Waals surface area contributed by atoms with Crippen molar-refractivity contribution in [1.29, 1.82) is 0 Å². The van der Waals surface area contributed by atoms with E-state index in [1.54, 1.807) is 13.4 Å². The first kappa shape index (κ1) is 19.7. The molecule has 0 spiro atoms. The van der Waals surface area contributed by atoms with Crippen LogP contribution in [0.15, 0.2) is 24.5 Å². The summed E-state index contributed by atoms with van der Waals surface area (Å²) >= 11 is 0. The summed E-state index contributed by atoms with van der Waals surface area (Å²) in [6, 6.07) is 5.91. The average molecular weight is 384 g/mol. The summed E-state index contributed by atoms with van der Waals surface area (Å²) in [6.45, 7) is 7.15. The van der Waals surface area contributed by atoms with Gasteiger partial charge in [0.25, 0.3) is 0 Å². The number of fused-ring (bicyclic) bond motifs is 1. The van der Waals surface area contributed by atoms with Crippen LogP contribution in [-0.2, 0) is 6.54 Å². The molecular weight excluding hydrogens is 356 g/mol. The van der Waals surface area contributed by atoms with Crippen LogP contribution >= 0.6 is 0 Å². The van der Waals surface area contributed by atoms with E-state index in [1.165, 1.54) is 0 Å². The van der Waals surface area contributed by atoms with Crippen molar-refractivity contribution in [1.82, 2.24) is 19.5 Å².